The van der Waals surface area contributed by atoms with Crippen molar-refractivity contribution in [3.8, 4) is 0 Å². The van der Waals surface area contributed by atoms with Crippen molar-refractivity contribution in [2.75, 3.05) is 13.1 Å². The number of carbonyl (C=O) groups excluding carboxylic acids is 1. The summed E-state index contributed by atoms with van der Waals surface area (Å²) in [5, 5.41) is 0. The fraction of sp³-hybridized carbons (Fsp3) is 0.923. The molecular weight excluding hydrogens is 186 g/mol. The predicted octanol–water partition coefficient (Wildman–Crippen LogP) is 3.22. The summed E-state index contributed by atoms with van der Waals surface area (Å²) in [7, 11) is 0. The first-order valence-corrected chi connectivity index (χ1v) is 6.39. The molecule has 0 heterocycles. The molecule has 0 unspecified atom stereocenters. The van der Waals surface area contributed by atoms with Gasteiger partial charge in [-0.15, -0.1) is 0 Å². The van der Waals surface area contributed by atoms with Gasteiger partial charge in [-0.05, 0) is 32.1 Å². The molecule has 0 aliphatic heterocycles. The van der Waals surface area contributed by atoms with Gasteiger partial charge in [-0.3, -0.25) is 4.79 Å². The first-order chi connectivity index (χ1) is 7.11. The van der Waals surface area contributed by atoms with E-state index in [4.69, 9.17) is 0 Å². The van der Waals surface area contributed by atoms with Gasteiger partial charge in [0.25, 0.3) is 0 Å². The van der Waals surface area contributed by atoms with Crippen molar-refractivity contribution in [1.82, 2.24) is 4.90 Å². The van der Waals surface area contributed by atoms with Gasteiger partial charge in [0.15, 0.2) is 0 Å². The van der Waals surface area contributed by atoms with Crippen LogP contribution in [0.2, 0.25) is 0 Å². The van der Waals surface area contributed by atoms with E-state index < -0.39 is 0 Å². The Balaban J connectivity index is 2.48. The standard InChI is InChI=1S/C13H25NO/c1-4-14(5-2)12(15)11-13(3)9-7-6-8-10-13/h4-11H2,1-3H3. The maximum Gasteiger partial charge on any atom is 0.223 e. The van der Waals surface area contributed by atoms with Crippen molar-refractivity contribution < 1.29 is 4.79 Å². The molecule has 15 heavy (non-hydrogen) atoms. The van der Waals surface area contributed by atoms with Crippen LogP contribution in [0, 0.1) is 5.41 Å². The van der Waals surface area contributed by atoms with Crippen LogP contribution in [0.4, 0.5) is 0 Å². The zero-order chi connectivity index (χ0) is 11.3. The molecule has 0 saturated heterocycles. The third-order valence-electron chi connectivity index (χ3n) is 3.75. The molecule has 1 rings (SSSR count). The van der Waals surface area contributed by atoms with Crippen LogP contribution in [-0.2, 0) is 4.79 Å². The van der Waals surface area contributed by atoms with Crippen LogP contribution in [0.3, 0.4) is 0 Å². The van der Waals surface area contributed by atoms with E-state index in [9.17, 15) is 4.79 Å². The highest BCUT2D eigenvalue weighted by molar-refractivity contribution is 5.76. The van der Waals surface area contributed by atoms with Gasteiger partial charge in [-0.2, -0.15) is 0 Å². The van der Waals surface area contributed by atoms with Crippen LogP contribution >= 0.6 is 0 Å². The van der Waals surface area contributed by atoms with Crippen LogP contribution in [0.15, 0.2) is 0 Å². The molecule has 0 bridgehead atoms. The minimum absolute atomic E-state index is 0.290. The Morgan fingerprint density at radius 1 is 1.13 bits per heavy atom. The van der Waals surface area contributed by atoms with E-state index in [0.717, 1.165) is 19.5 Å². The second kappa shape index (κ2) is 5.53. The molecule has 88 valence electrons. The summed E-state index contributed by atoms with van der Waals surface area (Å²) >= 11 is 0. The van der Waals surface area contributed by atoms with Gasteiger partial charge in [0.05, 0.1) is 0 Å². The molecule has 2 heteroatoms. The van der Waals surface area contributed by atoms with Crippen molar-refractivity contribution >= 4 is 5.91 Å². The molecule has 1 aliphatic carbocycles. The fourth-order valence-electron chi connectivity index (χ4n) is 2.64. The Hall–Kier alpha value is -0.530. The van der Waals surface area contributed by atoms with Gasteiger partial charge in [-0.1, -0.05) is 26.2 Å². The monoisotopic (exact) mass is 211 g/mol. The summed E-state index contributed by atoms with van der Waals surface area (Å²) in [6.07, 6.45) is 7.20. The fourth-order valence-corrected chi connectivity index (χ4v) is 2.64. The molecule has 0 aromatic carbocycles. The third kappa shape index (κ3) is 3.51. The Labute approximate surface area is 94.0 Å². The smallest absolute Gasteiger partial charge is 0.223 e. The first kappa shape index (κ1) is 12.5. The maximum atomic E-state index is 12.0. The Kier molecular flexibility index (Phi) is 4.62. The molecule has 1 saturated carbocycles. The third-order valence-corrected chi connectivity index (χ3v) is 3.75. The van der Waals surface area contributed by atoms with Gasteiger partial charge in [0.2, 0.25) is 5.91 Å². The van der Waals surface area contributed by atoms with Crippen molar-refractivity contribution in [2.45, 2.75) is 59.3 Å². The second-order valence-corrected chi connectivity index (χ2v) is 5.11. The number of rotatable bonds is 4. The SMILES string of the molecule is CCN(CC)C(=O)CC1(C)CCCCC1. The Morgan fingerprint density at radius 3 is 2.13 bits per heavy atom. The van der Waals surface area contributed by atoms with Crippen LogP contribution in [-0.4, -0.2) is 23.9 Å². The van der Waals surface area contributed by atoms with Crippen LogP contribution in [0.25, 0.3) is 0 Å². The van der Waals surface area contributed by atoms with E-state index in [1.165, 1.54) is 32.1 Å². The van der Waals surface area contributed by atoms with E-state index in [0.29, 0.717) is 5.91 Å². The number of hydrogen-bond acceptors (Lipinski definition) is 1. The minimum Gasteiger partial charge on any atom is -0.343 e. The minimum atomic E-state index is 0.290. The van der Waals surface area contributed by atoms with Crippen LogP contribution in [0.1, 0.15) is 59.3 Å². The van der Waals surface area contributed by atoms with E-state index in [1.54, 1.807) is 0 Å². The largest absolute Gasteiger partial charge is 0.343 e. The van der Waals surface area contributed by atoms with E-state index in [1.807, 2.05) is 4.90 Å². The maximum absolute atomic E-state index is 12.0. The molecule has 0 aromatic heterocycles. The number of hydrogen-bond donors (Lipinski definition) is 0. The molecule has 0 N–H and O–H groups in total. The van der Waals surface area contributed by atoms with Gasteiger partial charge in [0.1, 0.15) is 0 Å². The quantitative estimate of drug-likeness (QED) is 0.699. The molecular formula is C13H25NO. The first-order valence-electron chi connectivity index (χ1n) is 6.39. The Morgan fingerprint density at radius 2 is 1.67 bits per heavy atom. The average Bonchev–Trinajstić information content (AvgIpc) is 2.19. The second-order valence-electron chi connectivity index (χ2n) is 5.11. The Bertz CT molecular complexity index is 203. The molecule has 1 fully saturated rings. The molecule has 1 amide bonds. The van der Waals surface area contributed by atoms with Crippen molar-refractivity contribution in [2.24, 2.45) is 5.41 Å². The summed E-state index contributed by atoms with van der Waals surface area (Å²) in [5.41, 5.74) is 0.290. The predicted molar refractivity (Wildman–Crippen MR) is 63.7 cm³/mol. The number of amides is 1. The van der Waals surface area contributed by atoms with Crippen molar-refractivity contribution in [3.63, 3.8) is 0 Å². The summed E-state index contributed by atoms with van der Waals surface area (Å²) in [5.74, 6) is 0.351. The summed E-state index contributed by atoms with van der Waals surface area (Å²) < 4.78 is 0. The lowest BCUT2D eigenvalue weighted by atomic mass is 9.73. The molecule has 0 radical (unpaired) electrons. The normalized spacial score (nSPS) is 19.9. The highest BCUT2D eigenvalue weighted by Gasteiger charge is 2.30. The summed E-state index contributed by atoms with van der Waals surface area (Å²) in [6.45, 7) is 8.11. The molecule has 0 spiro atoms. The molecule has 2 nitrogen and oxygen atoms in total. The van der Waals surface area contributed by atoms with Crippen LogP contribution < -0.4 is 0 Å². The number of nitrogens with zero attached hydrogens (tertiary/aromatic N) is 1. The topological polar surface area (TPSA) is 20.3 Å². The van der Waals surface area contributed by atoms with Crippen LogP contribution in [0.5, 0.6) is 0 Å². The van der Waals surface area contributed by atoms with Gasteiger partial charge >= 0.3 is 0 Å². The lowest BCUT2D eigenvalue weighted by Gasteiger charge is -2.34. The molecule has 1 aliphatic rings. The number of carbonyl (C=O) groups is 1. The van der Waals surface area contributed by atoms with Crippen molar-refractivity contribution in [3.05, 3.63) is 0 Å². The molecule has 0 aromatic rings. The highest BCUT2D eigenvalue weighted by atomic mass is 16.2. The highest BCUT2D eigenvalue weighted by Crippen LogP contribution is 2.38. The average molecular weight is 211 g/mol. The van der Waals surface area contributed by atoms with Crippen molar-refractivity contribution in [1.29, 1.82) is 0 Å². The van der Waals surface area contributed by atoms with Gasteiger partial charge in [0, 0.05) is 19.5 Å². The molecule has 0 atom stereocenters. The zero-order valence-electron chi connectivity index (χ0n) is 10.5. The lowest BCUT2D eigenvalue weighted by molar-refractivity contribution is -0.133. The van der Waals surface area contributed by atoms with E-state index in [2.05, 4.69) is 20.8 Å². The van der Waals surface area contributed by atoms with Gasteiger partial charge < -0.3 is 4.90 Å². The lowest BCUT2D eigenvalue weighted by Crippen LogP contribution is -2.35. The zero-order valence-corrected chi connectivity index (χ0v) is 10.5. The van der Waals surface area contributed by atoms with E-state index in [-0.39, 0.29) is 5.41 Å². The summed E-state index contributed by atoms with van der Waals surface area (Å²) in [6, 6.07) is 0. The van der Waals surface area contributed by atoms with Gasteiger partial charge in [-0.25, -0.2) is 0 Å². The summed E-state index contributed by atoms with van der Waals surface area (Å²) in [4.78, 5) is 14.0. The van der Waals surface area contributed by atoms with E-state index >= 15 is 0 Å².